The molecule has 0 aromatic heterocycles. The Bertz CT molecular complexity index is 968. The minimum Gasteiger partial charge on any atom is -0.496 e. The lowest BCUT2D eigenvalue weighted by atomic mass is 10.0. The first-order valence-corrected chi connectivity index (χ1v) is 8.78. The standard InChI is InChI=1S/C22H22N2O3/c1-15(17-12-11-16-7-3-4-8-18(16)13-17)24-21(25)14-23-22(26)19-9-5-6-10-20(19)27-2/h3-13,15H,14H2,1-2H3,(H,23,26)(H,24,25)/t15-/m0/s1. The van der Waals surface area contributed by atoms with E-state index in [1.807, 2.05) is 37.3 Å². The van der Waals surface area contributed by atoms with Crippen LogP contribution in [0.2, 0.25) is 0 Å². The Morgan fingerprint density at radius 2 is 1.67 bits per heavy atom. The van der Waals surface area contributed by atoms with Crippen LogP contribution in [0, 0.1) is 0 Å². The number of hydrogen-bond donors (Lipinski definition) is 2. The molecule has 0 spiro atoms. The van der Waals surface area contributed by atoms with Crippen LogP contribution in [0.15, 0.2) is 66.7 Å². The molecule has 0 unspecified atom stereocenters. The number of carbonyl (C=O) groups is 2. The van der Waals surface area contributed by atoms with Crippen molar-refractivity contribution >= 4 is 22.6 Å². The molecule has 5 nitrogen and oxygen atoms in total. The summed E-state index contributed by atoms with van der Waals surface area (Å²) in [6, 6.07) is 20.9. The number of carbonyl (C=O) groups excluding carboxylic acids is 2. The van der Waals surface area contributed by atoms with Gasteiger partial charge in [0.15, 0.2) is 0 Å². The Labute approximate surface area is 158 Å². The maximum atomic E-state index is 12.3. The van der Waals surface area contributed by atoms with Crippen molar-refractivity contribution in [2.75, 3.05) is 13.7 Å². The molecule has 2 amide bonds. The maximum absolute atomic E-state index is 12.3. The van der Waals surface area contributed by atoms with E-state index in [1.54, 1.807) is 24.3 Å². The summed E-state index contributed by atoms with van der Waals surface area (Å²) in [5, 5.41) is 7.82. The third-order valence-corrected chi connectivity index (χ3v) is 4.41. The lowest BCUT2D eigenvalue weighted by Crippen LogP contribution is -2.38. The summed E-state index contributed by atoms with van der Waals surface area (Å²) < 4.78 is 5.17. The van der Waals surface area contributed by atoms with E-state index in [4.69, 9.17) is 4.74 Å². The highest BCUT2D eigenvalue weighted by Crippen LogP contribution is 2.20. The minimum atomic E-state index is -0.346. The van der Waals surface area contributed by atoms with Crippen LogP contribution in [0.5, 0.6) is 5.75 Å². The van der Waals surface area contributed by atoms with Crippen LogP contribution in [-0.4, -0.2) is 25.5 Å². The van der Waals surface area contributed by atoms with Crippen molar-refractivity contribution in [3.05, 3.63) is 77.9 Å². The van der Waals surface area contributed by atoms with Crippen molar-refractivity contribution < 1.29 is 14.3 Å². The Balaban J connectivity index is 1.58. The molecular formula is C22H22N2O3. The highest BCUT2D eigenvalue weighted by Gasteiger charge is 2.14. The molecule has 3 aromatic carbocycles. The fraction of sp³-hybridized carbons (Fsp3) is 0.182. The van der Waals surface area contributed by atoms with E-state index in [1.165, 1.54) is 7.11 Å². The summed E-state index contributed by atoms with van der Waals surface area (Å²) in [5.41, 5.74) is 1.41. The summed E-state index contributed by atoms with van der Waals surface area (Å²) in [5.74, 6) is -0.125. The average Bonchev–Trinajstić information content (AvgIpc) is 2.71. The van der Waals surface area contributed by atoms with Gasteiger partial charge in [-0.1, -0.05) is 48.5 Å². The number of rotatable bonds is 6. The van der Waals surface area contributed by atoms with Crippen LogP contribution in [0.3, 0.4) is 0 Å². The quantitative estimate of drug-likeness (QED) is 0.706. The molecule has 2 N–H and O–H groups in total. The van der Waals surface area contributed by atoms with Gasteiger partial charge in [-0.15, -0.1) is 0 Å². The smallest absolute Gasteiger partial charge is 0.255 e. The predicted octanol–water partition coefficient (Wildman–Crippen LogP) is 3.46. The molecule has 3 aromatic rings. The predicted molar refractivity (Wildman–Crippen MR) is 106 cm³/mol. The van der Waals surface area contributed by atoms with E-state index >= 15 is 0 Å². The molecule has 0 aliphatic rings. The normalized spacial score (nSPS) is 11.6. The highest BCUT2D eigenvalue weighted by atomic mass is 16.5. The summed E-state index contributed by atoms with van der Waals surface area (Å²) in [7, 11) is 1.50. The summed E-state index contributed by atoms with van der Waals surface area (Å²) in [6.45, 7) is 1.82. The molecule has 0 bridgehead atoms. The van der Waals surface area contributed by atoms with E-state index in [0.717, 1.165) is 16.3 Å². The largest absolute Gasteiger partial charge is 0.496 e. The molecule has 138 valence electrons. The van der Waals surface area contributed by atoms with Crippen molar-refractivity contribution in [3.63, 3.8) is 0 Å². The van der Waals surface area contributed by atoms with Crippen molar-refractivity contribution in [3.8, 4) is 5.75 Å². The summed E-state index contributed by atoms with van der Waals surface area (Å²) in [6.07, 6.45) is 0. The molecule has 0 aliphatic heterocycles. The molecule has 5 heteroatoms. The lowest BCUT2D eigenvalue weighted by Gasteiger charge is -2.16. The van der Waals surface area contributed by atoms with Crippen LogP contribution >= 0.6 is 0 Å². The number of para-hydroxylation sites is 1. The Kier molecular flexibility index (Phi) is 5.71. The van der Waals surface area contributed by atoms with Crippen molar-refractivity contribution in [2.45, 2.75) is 13.0 Å². The number of nitrogens with one attached hydrogen (secondary N) is 2. The second kappa shape index (κ2) is 8.36. The monoisotopic (exact) mass is 362 g/mol. The SMILES string of the molecule is COc1ccccc1C(=O)NCC(=O)N[C@@H](C)c1ccc2ccccc2c1. The van der Waals surface area contributed by atoms with E-state index in [9.17, 15) is 9.59 Å². The van der Waals surface area contributed by atoms with E-state index < -0.39 is 0 Å². The van der Waals surface area contributed by atoms with E-state index in [2.05, 4.69) is 22.8 Å². The van der Waals surface area contributed by atoms with Gasteiger partial charge in [0.05, 0.1) is 25.3 Å². The maximum Gasteiger partial charge on any atom is 0.255 e. The van der Waals surface area contributed by atoms with Gasteiger partial charge in [0.25, 0.3) is 5.91 Å². The van der Waals surface area contributed by atoms with Crippen LogP contribution in [0.25, 0.3) is 10.8 Å². The molecule has 1 atom stereocenters. The van der Waals surface area contributed by atoms with Gasteiger partial charge in [0.1, 0.15) is 5.75 Å². The number of amides is 2. The van der Waals surface area contributed by atoms with Crippen molar-refractivity contribution in [1.82, 2.24) is 10.6 Å². The highest BCUT2D eigenvalue weighted by molar-refractivity contribution is 5.98. The molecule has 0 radical (unpaired) electrons. The molecule has 27 heavy (non-hydrogen) atoms. The molecule has 0 saturated heterocycles. The average molecular weight is 362 g/mol. The number of methoxy groups -OCH3 is 1. The molecule has 0 aliphatic carbocycles. The molecule has 0 fully saturated rings. The summed E-state index contributed by atoms with van der Waals surface area (Å²) >= 11 is 0. The van der Waals surface area contributed by atoms with Gasteiger partial charge in [-0.2, -0.15) is 0 Å². The Hall–Kier alpha value is -3.34. The zero-order chi connectivity index (χ0) is 19.2. The second-order valence-corrected chi connectivity index (χ2v) is 6.28. The van der Waals surface area contributed by atoms with Gasteiger partial charge in [0.2, 0.25) is 5.91 Å². The molecular weight excluding hydrogens is 340 g/mol. The Morgan fingerprint density at radius 3 is 2.44 bits per heavy atom. The van der Waals surface area contributed by atoms with Gasteiger partial charge >= 0.3 is 0 Å². The number of ether oxygens (including phenoxy) is 1. The number of hydrogen-bond acceptors (Lipinski definition) is 3. The van der Waals surface area contributed by atoms with Gasteiger partial charge in [-0.05, 0) is 41.5 Å². The summed E-state index contributed by atoms with van der Waals surface area (Å²) in [4.78, 5) is 24.5. The van der Waals surface area contributed by atoms with Gasteiger partial charge < -0.3 is 15.4 Å². The fourth-order valence-corrected chi connectivity index (χ4v) is 2.94. The topological polar surface area (TPSA) is 67.4 Å². The van der Waals surface area contributed by atoms with Gasteiger partial charge in [-0.25, -0.2) is 0 Å². The van der Waals surface area contributed by atoms with Crippen LogP contribution in [-0.2, 0) is 4.79 Å². The third kappa shape index (κ3) is 4.44. The Morgan fingerprint density at radius 1 is 0.963 bits per heavy atom. The zero-order valence-corrected chi connectivity index (χ0v) is 15.4. The first kappa shape index (κ1) is 18.5. The molecule has 0 saturated carbocycles. The number of benzene rings is 3. The van der Waals surface area contributed by atoms with Crippen LogP contribution in [0.4, 0.5) is 0 Å². The fourth-order valence-electron chi connectivity index (χ4n) is 2.94. The van der Waals surface area contributed by atoms with Crippen molar-refractivity contribution in [1.29, 1.82) is 0 Å². The van der Waals surface area contributed by atoms with E-state index in [-0.39, 0.29) is 24.4 Å². The third-order valence-electron chi connectivity index (χ3n) is 4.41. The lowest BCUT2D eigenvalue weighted by molar-refractivity contribution is -0.120. The van der Waals surface area contributed by atoms with Gasteiger partial charge in [0, 0.05) is 0 Å². The van der Waals surface area contributed by atoms with Crippen molar-refractivity contribution in [2.24, 2.45) is 0 Å². The zero-order valence-electron chi connectivity index (χ0n) is 15.4. The first-order chi connectivity index (χ1) is 13.1. The van der Waals surface area contributed by atoms with E-state index in [0.29, 0.717) is 11.3 Å². The minimum absolute atomic E-state index is 0.102. The van der Waals surface area contributed by atoms with Crippen LogP contribution < -0.4 is 15.4 Å². The number of fused-ring (bicyclic) bond motifs is 1. The first-order valence-electron chi connectivity index (χ1n) is 8.78. The second-order valence-electron chi connectivity index (χ2n) is 6.28. The molecule has 3 rings (SSSR count). The molecule has 0 heterocycles. The van der Waals surface area contributed by atoms with Crippen LogP contribution in [0.1, 0.15) is 28.9 Å². The van der Waals surface area contributed by atoms with Gasteiger partial charge in [-0.3, -0.25) is 9.59 Å².